The third-order valence-corrected chi connectivity index (χ3v) is 5.15. The Kier molecular flexibility index (Phi) is 4.30. The molecule has 0 saturated heterocycles. The summed E-state index contributed by atoms with van der Waals surface area (Å²) >= 11 is 0. The Morgan fingerprint density at radius 1 is 1.15 bits per heavy atom. The van der Waals surface area contributed by atoms with E-state index in [0.717, 1.165) is 18.1 Å². The quantitative estimate of drug-likeness (QED) is 0.887. The van der Waals surface area contributed by atoms with Crippen molar-refractivity contribution in [2.24, 2.45) is 11.7 Å². The molecule has 0 radical (unpaired) electrons. The Morgan fingerprint density at radius 2 is 1.95 bits per heavy atom. The number of hydrogen-bond donors (Lipinski definition) is 1. The minimum Gasteiger partial charge on any atom is -0.490 e. The van der Waals surface area contributed by atoms with E-state index in [4.69, 9.17) is 10.5 Å². The smallest absolute Gasteiger partial charge is 0.120 e. The van der Waals surface area contributed by atoms with Crippen LogP contribution in [0.3, 0.4) is 0 Å². The van der Waals surface area contributed by atoms with Crippen molar-refractivity contribution in [3.63, 3.8) is 0 Å². The summed E-state index contributed by atoms with van der Waals surface area (Å²) in [6, 6.07) is 6.77. The molecule has 0 amide bonds. The molecule has 1 fully saturated rings. The second-order valence-corrected chi connectivity index (χ2v) is 6.53. The van der Waals surface area contributed by atoms with Gasteiger partial charge in [-0.15, -0.1) is 0 Å². The molecule has 0 heterocycles. The van der Waals surface area contributed by atoms with E-state index in [1.54, 1.807) is 0 Å². The molecule has 1 aromatic carbocycles. The van der Waals surface area contributed by atoms with E-state index < -0.39 is 0 Å². The van der Waals surface area contributed by atoms with Gasteiger partial charge in [-0.05, 0) is 74.1 Å². The molecule has 2 aliphatic rings. The average molecular weight is 273 g/mol. The minimum atomic E-state index is 0.207. The van der Waals surface area contributed by atoms with E-state index in [0.29, 0.717) is 6.10 Å². The molecule has 2 aliphatic carbocycles. The van der Waals surface area contributed by atoms with Crippen LogP contribution >= 0.6 is 0 Å². The summed E-state index contributed by atoms with van der Waals surface area (Å²) in [5, 5.41) is 0. The van der Waals surface area contributed by atoms with Crippen molar-refractivity contribution in [3.05, 3.63) is 29.3 Å². The minimum absolute atomic E-state index is 0.207. The largest absolute Gasteiger partial charge is 0.490 e. The molecule has 3 rings (SSSR count). The maximum atomic E-state index is 6.23. The zero-order valence-electron chi connectivity index (χ0n) is 12.6. The molecule has 1 unspecified atom stereocenters. The highest BCUT2D eigenvalue weighted by Gasteiger charge is 2.22. The van der Waals surface area contributed by atoms with Crippen LogP contribution in [0.15, 0.2) is 18.2 Å². The van der Waals surface area contributed by atoms with Crippen LogP contribution in [0.2, 0.25) is 0 Å². The Hall–Kier alpha value is -1.02. The summed E-state index contributed by atoms with van der Waals surface area (Å²) in [7, 11) is 0. The lowest BCUT2D eigenvalue weighted by Crippen LogP contribution is -2.24. The lowest BCUT2D eigenvalue weighted by molar-refractivity contribution is 0.130. The number of rotatable bonds is 3. The second kappa shape index (κ2) is 6.17. The fourth-order valence-electron chi connectivity index (χ4n) is 3.74. The third kappa shape index (κ3) is 3.01. The number of hydrogen-bond acceptors (Lipinski definition) is 2. The number of nitrogens with two attached hydrogens (primary N) is 1. The van der Waals surface area contributed by atoms with Crippen molar-refractivity contribution in [1.29, 1.82) is 0 Å². The van der Waals surface area contributed by atoms with E-state index in [1.165, 1.54) is 56.1 Å². The van der Waals surface area contributed by atoms with Crippen LogP contribution in [0.5, 0.6) is 5.75 Å². The maximum absolute atomic E-state index is 6.23. The van der Waals surface area contributed by atoms with Crippen LogP contribution in [-0.2, 0) is 6.42 Å². The van der Waals surface area contributed by atoms with Gasteiger partial charge in [-0.3, -0.25) is 0 Å². The molecule has 2 heteroatoms. The van der Waals surface area contributed by atoms with Crippen LogP contribution in [-0.4, -0.2) is 6.10 Å². The van der Waals surface area contributed by atoms with E-state index in [9.17, 15) is 0 Å². The molecule has 2 nitrogen and oxygen atoms in total. The Bertz CT molecular complexity index is 449. The first-order chi connectivity index (χ1) is 9.76. The lowest BCUT2D eigenvalue weighted by Gasteiger charge is -2.29. The van der Waals surface area contributed by atoms with Crippen molar-refractivity contribution >= 4 is 0 Å². The lowest BCUT2D eigenvalue weighted by atomic mass is 9.85. The summed E-state index contributed by atoms with van der Waals surface area (Å²) in [6.07, 6.45) is 10.3. The topological polar surface area (TPSA) is 35.2 Å². The summed E-state index contributed by atoms with van der Waals surface area (Å²) in [5.74, 6) is 1.95. The standard InChI is InChI=1S/C18H27NO/c1-2-13-6-9-15(10-7-13)20-16-11-8-14-4-3-5-18(19)17(14)12-16/h8,11-13,15,18H,2-7,9-10,19H2,1H3. The summed E-state index contributed by atoms with van der Waals surface area (Å²) in [4.78, 5) is 0. The molecule has 20 heavy (non-hydrogen) atoms. The van der Waals surface area contributed by atoms with Gasteiger partial charge in [-0.1, -0.05) is 19.4 Å². The molecular weight excluding hydrogens is 246 g/mol. The molecule has 0 aliphatic heterocycles. The van der Waals surface area contributed by atoms with E-state index >= 15 is 0 Å². The van der Waals surface area contributed by atoms with Gasteiger partial charge in [-0.2, -0.15) is 0 Å². The molecule has 1 atom stereocenters. The van der Waals surface area contributed by atoms with Gasteiger partial charge in [0.05, 0.1) is 6.10 Å². The first-order valence-electron chi connectivity index (χ1n) is 8.31. The second-order valence-electron chi connectivity index (χ2n) is 6.53. The van der Waals surface area contributed by atoms with Crippen LogP contribution in [0.1, 0.15) is 69.0 Å². The zero-order valence-corrected chi connectivity index (χ0v) is 12.6. The zero-order chi connectivity index (χ0) is 13.9. The van der Waals surface area contributed by atoms with Gasteiger partial charge in [0, 0.05) is 6.04 Å². The van der Waals surface area contributed by atoms with E-state index in [1.807, 2.05) is 0 Å². The monoisotopic (exact) mass is 273 g/mol. The van der Waals surface area contributed by atoms with Crippen molar-refractivity contribution in [2.45, 2.75) is 70.4 Å². The van der Waals surface area contributed by atoms with E-state index in [-0.39, 0.29) is 6.04 Å². The molecule has 2 N–H and O–H groups in total. The van der Waals surface area contributed by atoms with Gasteiger partial charge < -0.3 is 10.5 Å². The summed E-state index contributed by atoms with van der Waals surface area (Å²) in [5.41, 5.74) is 8.97. The van der Waals surface area contributed by atoms with Crippen LogP contribution in [0.4, 0.5) is 0 Å². The highest BCUT2D eigenvalue weighted by atomic mass is 16.5. The number of benzene rings is 1. The highest BCUT2D eigenvalue weighted by molar-refractivity contribution is 5.39. The van der Waals surface area contributed by atoms with E-state index in [2.05, 4.69) is 25.1 Å². The first-order valence-corrected chi connectivity index (χ1v) is 8.31. The molecule has 110 valence electrons. The van der Waals surface area contributed by atoms with Gasteiger partial charge in [-0.25, -0.2) is 0 Å². The van der Waals surface area contributed by atoms with Gasteiger partial charge in [0.25, 0.3) is 0 Å². The van der Waals surface area contributed by atoms with Gasteiger partial charge >= 0.3 is 0 Å². The Morgan fingerprint density at radius 3 is 2.70 bits per heavy atom. The fraction of sp³-hybridized carbons (Fsp3) is 0.667. The van der Waals surface area contributed by atoms with Crippen LogP contribution in [0, 0.1) is 5.92 Å². The maximum Gasteiger partial charge on any atom is 0.120 e. The van der Waals surface area contributed by atoms with Crippen molar-refractivity contribution in [1.82, 2.24) is 0 Å². The van der Waals surface area contributed by atoms with Gasteiger partial charge in [0.15, 0.2) is 0 Å². The summed E-state index contributed by atoms with van der Waals surface area (Å²) < 4.78 is 6.21. The number of ether oxygens (including phenoxy) is 1. The molecule has 1 aromatic rings. The SMILES string of the molecule is CCC1CCC(Oc2ccc3c(c2)C(N)CCC3)CC1. The average Bonchev–Trinajstić information content (AvgIpc) is 2.49. The Labute approximate surface area is 122 Å². The van der Waals surface area contributed by atoms with Crippen molar-refractivity contribution in [2.75, 3.05) is 0 Å². The highest BCUT2D eigenvalue weighted by Crippen LogP contribution is 2.33. The molecular formula is C18H27NO. The predicted molar refractivity (Wildman–Crippen MR) is 83.0 cm³/mol. The molecule has 0 spiro atoms. The fourth-order valence-corrected chi connectivity index (χ4v) is 3.74. The van der Waals surface area contributed by atoms with Crippen molar-refractivity contribution < 1.29 is 4.74 Å². The molecule has 1 saturated carbocycles. The van der Waals surface area contributed by atoms with Gasteiger partial charge in [0.1, 0.15) is 5.75 Å². The van der Waals surface area contributed by atoms with Crippen LogP contribution < -0.4 is 10.5 Å². The Balaban J connectivity index is 1.65. The normalized spacial score (nSPS) is 29.8. The number of fused-ring (bicyclic) bond motifs is 1. The third-order valence-electron chi connectivity index (χ3n) is 5.15. The molecule has 0 aromatic heterocycles. The van der Waals surface area contributed by atoms with Crippen molar-refractivity contribution in [3.8, 4) is 5.75 Å². The van der Waals surface area contributed by atoms with Crippen LogP contribution in [0.25, 0.3) is 0 Å². The number of aryl methyl sites for hydroxylation is 1. The first kappa shape index (κ1) is 13.9. The molecule has 0 bridgehead atoms. The van der Waals surface area contributed by atoms with Gasteiger partial charge in [0.2, 0.25) is 0 Å². The predicted octanol–water partition coefficient (Wildman–Crippen LogP) is 4.37. The summed E-state index contributed by atoms with van der Waals surface area (Å²) in [6.45, 7) is 2.30.